The molecule has 0 aromatic heterocycles. The third-order valence-electron chi connectivity index (χ3n) is 2.58. The average Bonchev–Trinajstić information content (AvgIpc) is 2.28. The van der Waals surface area contributed by atoms with Crippen LogP contribution in [0.2, 0.25) is 0 Å². The first-order chi connectivity index (χ1) is 8.00. The highest BCUT2D eigenvalue weighted by atomic mass is 19.1. The van der Waals surface area contributed by atoms with Gasteiger partial charge < -0.3 is 10.2 Å². The Morgan fingerprint density at radius 3 is 2.71 bits per heavy atom. The molecular formula is C13H19FN2O. The topological polar surface area (TPSA) is 32.3 Å². The number of carbonyl (C=O) groups is 1. The van der Waals surface area contributed by atoms with Gasteiger partial charge in [0.15, 0.2) is 0 Å². The minimum absolute atomic E-state index is 0.0904. The lowest BCUT2D eigenvalue weighted by Gasteiger charge is -2.10. The van der Waals surface area contributed by atoms with Crippen molar-refractivity contribution < 1.29 is 9.18 Å². The fraction of sp³-hybridized carbons (Fsp3) is 0.462. The van der Waals surface area contributed by atoms with E-state index in [1.807, 2.05) is 6.07 Å². The van der Waals surface area contributed by atoms with Gasteiger partial charge >= 0.3 is 0 Å². The smallest absolute Gasteiger partial charge is 0.223 e. The van der Waals surface area contributed by atoms with E-state index in [9.17, 15) is 9.18 Å². The molecule has 1 aromatic carbocycles. The Hall–Kier alpha value is -1.42. The van der Waals surface area contributed by atoms with Gasteiger partial charge in [-0.3, -0.25) is 4.79 Å². The lowest BCUT2D eigenvalue weighted by atomic mass is 10.1. The van der Waals surface area contributed by atoms with E-state index in [0.717, 1.165) is 5.56 Å². The third kappa shape index (κ3) is 4.53. The van der Waals surface area contributed by atoms with Gasteiger partial charge in [0.25, 0.3) is 0 Å². The van der Waals surface area contributed by atoms with Crippen LogP contribution in [0.15, 0.2) is 18.2 Å². The second-order valence-corrected chi connectivity index (χ2v) is 4.30. The zero-order valence-electron chi connectivity index (χ0n) is 10.6. The Labute approximate surface area is 102 Å². The molecule has 3 nitrogen and oxygen atoms in total. The number of hydrogen-bond acceptors (Lipinski definition) is 2. The van der Waals surface area contributed by atoms with Crippen LogP contribution in [-0.4, -0.2) is 31.4 Å². The summed E-state index contributed by atoms with van der Waals surface area (Å²) in [5.74, 6) is -0.0961. The lowest BCUT2D eigenvalue weighted by molar-refractivity contribution is -0.128. The van der Waals surface area contributed by atoms with Crippen LogP contribution in [-0.2, 0) is 11.3 Å². The molecule has 1 N–H and O–H groups in total. The zero-order chi connectivity index (χ0) is 12.8. The summed E-state index contributed by atoms with van der Waals surface area (Å²) < 4.78 is 13.2. The van der Waals surface area contributed by atoms with Crippen LogP contribution in [0.25, 0.3) is 0 Å². The van der Waals surface area contributed by atoms with Crippen LogP contribution in [0.4, 0.5) is 4.39 Å². The second kappa shape index (κ2) is 6.35. The van der Waals surface area contributed by atoms with Gasteiger partial charge in [-0.1, -0.05) is 12.1 Å². The summed E-state index contributed by atoms with van der Waals surface area (Å²) in [5, 5.41) is 3.12. The zero-order valence-corrected chi connectivity index (χ0v) is 10.6. The van der Waals surface area contributed by atoms with Crippen LogP contribution in [0.1, 0.15) is 17.5 Å². The molecule has 1 amide bonds. The van der Waals surface area contributed by atoms with Crippen LogP contribution in [0, 0.1) is 12.7 Å². The number of carbonyl (C=O) groups excluding carboxylic acids is 1. The molecule has 4 heteroatoms. The maximum Gasteiger partial charge on any atom is 0.223 e. The molecule has 0 bridgehead atoms. The summed E-state index contributed by atoms with van der Waals surface area (Å²) in [7, 11) is 3.47. The fourth-order valence-corrected chi connectivity index (χ4v) is 1.40. The molecule has 17 heavy (non-hydrogen) atoms. The van der Waals surface area contributed by atoms with Crippen molar-refractivity contribution in [3.63, 3.8) is 0 Å². The quantitative estimate of drug-likeness (QED) is 0.792. The van der Waals surface area contributed by atoms with Crippen molar-refractivity contribution in [2.45, 2.75) is 19.9 Å². The number of halogens is 1. The van der Waals surface area contributed by atoms with Crippen LogP contribution < -0.4 is 5.32 Å². The standard InChI is InChI=1S/C13H19FN2O/c1-10-4-5-11(8-12(10)14)9-15-7-6-13(17)16(2)3/h4-5,8,15H,6-7,9H2,1-3H3. The summed E-state index contributed by atoms with van der Waals surface area (Å²) in [6.07, 6.45) is 0.460. The minimum Gasteiger partial charge on any atom is -0.349 e. The van der Waals surface area contributed by atoms with Crippen molar-refractivity contribution in [3.05, 3.63) is 35.1 Å². The predicted molar refractivity (Wildman–Crippen MR) is 66.2 cm³/mol. The van der Waals surface area contributed by atoms with E-state index in [1.54, 1.807) is 32.0 Å². The molecule has 1 aromatic rings. The summed E-state index contributed by atoms with van der Waals surface area (Å²) >= 11 is 0. The molecule has 0 radical (unpaired) electrons. The summed E-state index contributed by atoms with van der Waals surface area (Å²) in [4.78, 5) is 12.8. The highest BCUT2D eigenvalue weighted by Crippen LogP contribution is 2.08. The molecule has 0 aliphatic heterocycles. The molecule has 0 heterocycles. The first kappa shape index (κ1) is 13.6. The highest BCUT2D eigenvalue weighted by molar-refractivity contribution is 5.75. The van der Waals surface area contributed by atoms with E-state index < -0.39 is 0 Å². The third-order valence-corrected chi connectivity index (χ3v) is 2.58. The first-order valence-corrected chi connectivity index (χ1v) is 5.66. The van der Waals surface area contributed by atoms with Crippen molar-refractivity contribution in [2.75, 3.05) is 20.6 Å². The number of amides is 1. The largest absolute Gasteiger partial charge is 0.349 e. The Bertz CT molecular complexity index is 391. The van der Waals surface area contributed by atoms with Crippen molar-refractivity contribution in [1.82, 2.24) is 10.2 Å². The average molecular weight is 238 g/mol. The molecule has 0 unspecified atom stereocenters. The lowest BCUT2D eigenvalue weighted by Crippen LogP contribution is -2.26. The Balaban J connectivity index is 2.31. The van der Waals surface area contributed by atoms with Crippen molar-refractivity contribution in [3.8, 4) is 0 Å². The number of hydrogen-bond donors (Lipinski definition) is 1. The van der Waals surface area contributed by atoms with E-state index in [0.29, 0.717) is 25.1 Å². The summed E-state index contributed by atoms with van der Waals surface area (Å²) in [5.41, 5.74) is 1.54. The molecule has 94 valence electrons. The number of aryl methyl sites for hydroxylation is 1. The number of nitrogens with one attached hydrogen (secondary N) is 1. The van der Waals surface area contributed by atoms with Crippen LogP contribution in [0.3, 0.4) is 0 Å². The van der Waals surface area contributed by atoms with Gasteiger partial charge in [-0.15, -0.1) is 0 Å². The van der Waals surface area contributed by atoms with E-state index in [1.165, 1.54) is 6.07 Å². The van der Waals surface area contributed by atoms with Gasteiger partial charge in [-0.2, -0.15) is 0 Å². The maximum absolute atomic E-state index is 13.2. The predicted octanol–water partition coefficient (Wildman–Crippen LogP) is 1.70. The summed E-state index contributed by atoms with van der Waals surface area (Å²) in [6, 6.07) is 5.17. The molecule has 1 rings (SSSR count). The van der Waals surface area contributed by atoms with Crippen LogP contribution >= 0.6 is 0 Å². The van der Waals surface area contributed by atoms with E-state index in [-0.39, 0.29) is 11.7 Å². The maximum atomic E-state index is 13.2. The van der Waals surface area contributed by atoms with E-state index in [2.05, 4.69) is 5.32 Å². The van der Waals surface area contributed by atoms with Gasteiger partial charge in [-0.25, -0.2) is 4.39 Å². The Kier molecular flexibility index (Phi) is 5.10. The second-order valence-electron chi connectivity index (χ2n) is 4.30. The molecule has 0 saturated carbocycles. The molecule has 0 saturated heterocycles. The summed E-state index contributed by atoms with van der Waals surface area (Å²) in [6.45, 7) is 2.92. The number of nitrogens with zero attached hydrogens (tertiary/aromatic N) is 1. The SMILES string of the molecule is Cc1ccc(CNCCC(=O)N(C)C)cc1F. The normalized spacial score (nSPS) is 10.4. The van der Waals surface area contributed by atoms with Gasteiger partial charge in [0.2, 0.25) is 5.91 Å². The van der Waals surface area contributed by atoms with Crippen molar-refractivity contribution in [1.29, 1.82) is 0 Å². The monoisotopic (exact) mass is 238 g/mol. The Morgan fingerprint density at radius 2 is 2.12 bits per heavy atom. The fourth-order valence-electron chi connectivity index (χ4n) is 1.40. The van der Waals surface area contributed by atoms with E-state index >= 15 is 0 Å². The Morgan fingerprint density at radius 1 is 1.41 bits per heavy atom. The molecular weight excluding hydrogens is 219 g/mol. The van der Waals surface area contributed by atoms with Gasteiger partial charge in [-0.05, 0) is 24.1 Å². The van der Waals surface area contributed by atoms with E-state index in [4.69, 9.17) is 0 Å². The van der Waals surface area contributed by atoms with Crippen LogP contribution in [0.5, 0.6) is 0 Å². The molecule has 0 atom stereocenters. The molecule has 0 aliphatic carbocycles. The van der Waals surface area contributed by atoms with Gasteiger partial charge in [0, 0.05) is 33.6 Å². The molecule has 0 spiro atoms. The first-order valence-electron chi connectivity index (χ1n) is 5.66. The van der Waals surface area contributed by atoms with Crippen molar-refractivity contribution in [2.24, 2.45) is 0 Å². The van der Waals surface area contributed by atoms with Gasteiger partial charge in [0.05, 0.1) is 0 Å². The minimum atomic E-state index is -0.186. The highest BCUT2D eigenvalue weighted by Gasteiger charge is 2.03. The van der Waals surface area contributed by atoms with Crippen molar-refractivity contribution >= 4 is 5.91 Å². The number of benzene rings is 1. The van der Waals surface area contributed by atoms with Gasteiger partial charge in [0.1, 0.15) is 5.82 Å². The molecule has 0 fully saturated rings. The number of rotatable bonds is 5. The molecule has 0 aliphatic rings.